The van der Waals surface area contributed by atoms with E-state index in [4.69, 9.17) is 21.4 Å². The highest BCUT2D eigenvalue weighted by Gasteiger charge is 2.06. The van der Waals surface area contributed by atoms with Crippen molar-refractivity contribution in [3.63, 3.8) is 0 Å². The maximum Gasteiger partial charge on any atom is 0.251 e. The van der Waals surface area contributed by atoms with E-state index in [9.17, 15) is 9.18 Å². The first-order chi connectivity index (χ1) is 10.6. The van der Waals surface area contributed by atoms with Crippen LogP contribution >= 0.6 is 11.6 Å². The number of aliphatic hydroxyl groups is 1. The zero-order valence-electron chi connectivity index (χ0n) is 11.7. The molecule has 0 unspecified atom stereocenters. The minimum Gasteiger partial charge on any atom is -0.489 e. The van der Waals surface area contributed by atoms with E-state index in [-0.39, 0.29) is 25.7 Å². The highest BCUT2D eigenvalue weighted by Crippen LogP contribution is 2.20. The number of halogens is 2. The predicted octanol–water partition coefficient (Wildman–Crippen LogP) is 2.78. The summed E-state index contributed by atoms with van der Waals surface area (Å²) in [7, 11) is 0. The molecule has 0 saturated carbocycles. The molecule has 2 N–H and O–H groups in total. The van der Waals surface area contributed by atoms with E-state index in [0.29, 0.717) is 21.9 Å². The van der Waals surface area contributed by atoms with Crippen LogP contribution in [0.25, 0.3) is 0 Å². The topological polar surface area (TPSA) is 58.6 Å². The molecule has 4 nitrogen and oxygen atoms in total. The van der Waals surface area contributed by atoms with E-state index >= 15 is 0 Å². The zero-order chi connectivity index (χ0) is 15.9. The molecule has 1 amide bonds. The number of hydrogen-bond donors (Lipinski definition) is 2. The third-order valence-corrected chi connectivity index (χ3v) is 3.28. The Labute approximate surface area is 132 Å². The van der Waals surface area contributed by atoms with Gasteiger partial charge in [0.2, 0.25) is 0 Å². The molecule has 0 aliphatic carbocycles. The largest absolute Gasteiger partial charge is 0.489 e. The molecule has 0 saturated heterocycles. The summed E-state index contributed by atoms with van der Waals surface area (Å²) in [4.78, 5) is 11.7. The lowest BCUT2D eigenvalue weighted by Gasteiger charge is -2.09. The summed E-state index contributed by atoms with van der Waals surface area (Å²) in [5, 5.41) is 11.5. The Morgan fingerprint density at radius 3 is 2.59 bits per heavy atom. The van der Waals surface area contributed by atoms with Gasteiger partial charge in [-0.1, -0.05) is 17.7 Å². The molecule has 0 aliphatic heterocycles. The Balaban J connectivity index is 1.95. The fraction of sp³-hybridized carbons (Fsp3) is 0.188. The summed E-state index contributed by atoms with van der Waals surface area (Å²) in [6.07, 6.45) is 0. The highest BCUT2D eigenvalue weighted by molar-refractivity contribution is 6.31. The van der Waals surface area contributed by atoms with Gasteiger partial charge in [-0.2, -0.15) is 0 Å². The Morgan fingerprint density at radius 2 is 1.95 bits per heavy atom. The van der Waals surface area contributed by atoms with Crippen molar-refractivity contribution < 1.29 is 19.0 Å². The number of amides is 1. The molecular weight excluding hydrogens is 309 g/mol. The smallest absolute Gasteiger partial charge is 0.251 e. The highest BCUT2D eigenvalue weighted by atomic mass is 35.5. The van der Waals surface area contributed by atoms with E-state index in [2.05, 4.69) is 5.32 Å². The lowest BCUT2D eigenvalue weighted by atomic mass is 10.2. The van der Waals surface area contributed by atoms with Crippen molar-refractivity contribution in [2.24, 2.45) is 0 Å². The quantitative estimate of drug-likeness (QED) is 0.859. The van der Waals surface area contributed by atoms with Crippen molar-refractivity contribution in [3.05, 3.63) is 64.4 Å². The van der Waals surface area contributed by atoms with Gasteiger partial charge in [0.15, 0.2) is 0 Å². The van der Waals surface area contributed by atoms with Crippen molar-refractivity contribution in [2.75, 3.05) is 13.2 Å². The maximum atomic E-state index is 12.9. The van der Waals surface area contributed by atoms with Crippen LogP contribution in [0.4, 0.5) is 4.39 Å². The van der Waals surface area contributed by atoms with Gasteiger partial charge >= 0.3 is 0 Å². The molecule has 22 heavy (non-hydrogen) atoms. The normalized spacial score (nSPS) is 10.3. The van der Waals surface area contributed by atoms with Gasteiger partial charge in [-0.25, -0.2) is 4.39 Å². The van der Waals surface area contributed by atoms with Crippen LogP contribution in [-0.2, 0) is 6.61 Å². The lowest BCUT2D eigenvalue weighted by Crippen LogP contribution is -2.26. The van der Waals surface area contributed by atoms with Crippen LogP contribution in [0.1, 0.15) is 15.9 Å². The molecule has 0 fully saturated rings. The molecule has 0 atom stereocenters. The van der Waals surface area contributed by atoms with Gasteiger partial charge in [0.1, 0.15) is 18.2 Å². The molecule has 0 aliphatic rings. The Bertz CT molecular complexity index is 646. The van der Waals surface area contributed by atoms with E-state index < -0.39 is 5.82 Å². The van der Waals surface area contributed by atoms with Gasteiger partial charge < -0.3 is 15.2 Å². The molecule has 0 bridgehead atoms. The van der Waals surface area contributed by atoms with E-state index in [1.807, 2.05) is 0 Å². The number of hydrogen-bond acceptors (Lipinski definition) is 3. The third-order valence-electron chi connectivity index (χ3n) is 2.92. The second kappa shape index (κ2) is 7.77. The van der Waals surface area contributed by atoms with E-state index in [1.165, 1.54) is 12.1 Å². The molecule has 2 aromatic carbocycles. The first kappa shape index (κ1) is 16.3. The fourth-order valence-corrected chi connectivity index (χ4v) is 2.00. The summed E-state index contributed by atoms with van der Waals surface area (Å²) >= 11 is 5.92. The SMILES string of the molecule is O=C(NCCO)c1ccc(OCc2ccc(F)cc2Cl)cc1. The maximum absolute atomic E-state index is 12.9. The van der Waals surface area contributed by atoms with Crippen molar-refractivity contribution in [1.29, 1.82) is 0 Å². The summed E-state index contributed by atoms with van der Waals surface area (Å²) in [6, 6.07) is 10.7. The number of rotatable bonds is 6. The average Bonchev–Trinajstić information content (AvgIpc) is 2.52. The first-order valence-corrected chi connectivity index (χ1v) is 7.04. The van der Waals surface area contributed by atoms with Crippen LogP contribution in [0.2, 0.25) is 5.02 Å². The molecule has 0 spiro atoms. The molecule has 116 valence electrons. The number of aliphatic hydroxyl groups excluding tert-OH is 1. The molecular formula is C16H15ClFNO3. The second-order valence-corrected chi connectivity index (χ2v) is 4.94. The molecule has 2 aromatic rings. The number of carbonyl (C=O) groups excluding carboxylic acids is 1. The van der Waals surface area contributed by atoms with Crippen LogP contribution in [0.3, 0.4) is 0 Å². The molecule has 2 rings (SSSR count). The Morgan fingerprint density at radius 1 is 1.23 bits per heavy atom. The van der Waals surface area contributed by atoms with Crippen LogP contribution in [0, 0.1) is 5.82 Å². The number of nitrogens with one attached hydrogen (secondary N) is 1. The fourth-order valence-electron chi connectivity index (χ4n) is 1.77. The van der Waals surface area contributed by atoms with Gasteiger partial charge in [0.25, 0.3) is 5.91 Å². The standard InChI is InChI=1S/C16H15ClFNO3/c17-15-9-13(18)4-1-12(15)10-22-14-5-2-11(3-6-14)16(21)19-7-8-20/h1-6,9,20H,7-8,10H2,(H,19,21). The van der Waals surface area contributed by atoms with Crippen LogP contribution < -0.4 is 10.1 Å². The van der Waals surface area contributed by atoms with Crippen LogP contribution in [0.15, 0.2) is 42.5 Å². The molecule has 0 aromatic heterocycles. The Hall–Kier alpha value is -2.11. The molecule has 0 radical (unpaired) electrons. The zero-order valence-corrected chi connectivity index (χ0v) is 12.4. The first-order valence-electron chi connectivity index (χ1n) is 6.66. The van der Waals surface area contributed by atoms with Crippen molar-refractivity contribution >= 4 is 17.5 Å². The average molecular weight is 324 g/mol. The number of benzene rings is 2. The summed E-state index contributed by atoms with van der Waals surface area (Å²) in [5.74, 6) is -0.0896. The van der Waals surface area contributed by atoms with Gasteiger partial charge in [0, 0.05) is 17.7 Å². The molecule has 6 heteroatoms. The number of carbonyl (C=O) groups is 1. The second-order valence-electron chi connectivity index (χ2n) is 4.53. The third kappa shape index (κ3) is 4.44. The van der Waals surface area contributed by atoms with Crippen molar-refractivity contribution in [3.8, 4) is 5.75 Å². The predicted molar refractivity (Wildman–Crippen MR) is 81.6 cm³/mol. The van der Waals surface area contributed by atoms with Gasteiger partial charge in [-0.3, -0.25) is 4.79 Å². The minimum absolute atomic E-state index is 0.106. The summed E-state index contributed by atoms with van der Waals surface area (Å²) < 4.78 is 18.5. The lowest BCUT2D eigenvalue weighted by molar-refractivity contribution is 0.0944. The summed E-state index contributed by atoms with van der Waals surface area (Å²) in [6.45, 7) is 0.306. The van der Waals surface area contributed by atoms with Crippen molar-refractivity contribution in [1.82, 2.24) is 5.32 Å². The van der Waals surface area contributed by atoms with E-state index in [1.54, 1.807) is 30.3 Å². The monoisotopic (exact) mass is 323 g/mol. The minimum atomic E-state index is -0.396. The van der Waals surface area contributed by atoms with Gasteiger partial charge in [-0.15, -0.1) is 0 Å². The Kier molecular flexibility index (Phi) is 5.75. The van der Waals surface area contributed by atoms with Gasteiger partial charge in [-0.05, 0) is 36.4 Å². The van der Waals surface area contributed by atoms with Gasteiger partial charge in [0.05, 0.1) is 11.6 Å². The van der Waals surface area contributed by atoms with E-state index in [0.717, 1.165) is 0 Å². The molecule has 0 heterocycles. The van der Waals surface area contributed by atoms with Crippen LogP contribution in [-0.4, -0.2) is 24.2 Å². The summed E-state index contributed by atoms with van der Waals surface area (Å²) in [5.41, 5.74) is 1.15. The number of ether oxygens (including phenoxy) is 1. The van der Waals surface area contributed by atoms with Crippen LogP contribution in [0.5, 0.6) is 5.75 Å². The van der Waals surface area contributed by atoms with Crippen molar-refractivity contribution in [2.45, 2.75) is 6.61 Å².